The van der Waals surface area contributed by atoms with Gasteiger partial charge in [-0.05, 0) is 30.9 Å². The lowest BCUT2D eigenvalue weighted by Crippen LogP contribution is -2.04. The van der Waals surface area contributed by atoms with Crippen molar-refractivity contribution in [3.8, 4) is 0 Å². The highest BCUT2D eigenvalue weighted by molar-refractivity contribution is 5.27. The van der Waals surface area contributed by atoms with Crippen molar-refractivity contribution in [3.05, 3.63) is 52.3 Å². The summed E-state index contributed by atoms with van der Waals surface area (Å²) >= 11 is 0. The SMILES string of the molecule is Cc1nn(Cc2ccc(C(C)C)cc2)c(C)c1CO. The summed E-state index contributed by atoms with van der Waals surface area (Å²) in [5.41, 5.74) is 5.50. The highest BCUT2D eigenvalue weighted by atomic mass is 16.3. The Hall–Kier alpha value is -1.61. The van der Waals surface area contributed by atoms with Crippen LogP contribution in [-0.2, 0) is 13.2 Å². The molecule has 0 bridgehead atoms. The smallest absolute Gasteiger partial charge is 0.0718 e. The molecule has 1 aromatic heterocycles. The average molecular weight is 258 g/mol. The van der Waals surface area contributed by atoms with Crippen molar-refractivity contribution >= 4 is 0 Å². The zero-order valence-corrected chi connectivity index (χ0v) is 12.1. The Morgan fingerprint density at radius 2 is 1.79 bits per heavy atom. The third-order valence-corrected chi connectivity index (χ3v) is 3.67. The minimum absolute atomic E-state index is 0.0595. The van der Waals surface area contributed by atoms with Gasteiger partial charge in [0.05, 0.1) is 18.8 Å². The van der Waals surface area contributed by atoms with Crippen molar-refractivity contribution in [2.75, 3.05) is 0 Å². The first kappa shape index (κ1) is 13.8. The summed E-state index contributed by atoms with van der Waals surface area (Å²) in [6.45, 7) is 9.16. The maximum atomic E-state index is 9.32. The Balaban J connectivity index is 2.21. The van der Waals surface area contributed by atoms with Gasteiger partial charge < -0.3 is 5.11 Å². The van der Waals surface area contributed by atoms with Crippen LogP contribution in [0.5, 0.6) is 0 Å². The Bertz CT molecular complexity index is 553. The highest BCUT2D eigenvalue weighted by Crippen LogP contribution is 2.17. The van der Waals surface area contributed by atoms with E-state index in [0.29, 0.717) is 5.92 Å². The molecule has 0 unspecified atom stereocenters. The predicted octanol–water partition coefficient (Wildman–Crippen LogP) is 3.16. The summed E-state index contributed by atoms with van der Waals surface area (Å²) in [6, 6.07) is 8.67. The minimum Gasteiger partial charge on any atom is -0.392 e. The topological polar surface area (TPSA) is 38.0 Å². The lowest BCUT2D eigenvalue weighted by atomic mass is 10.0. The van der Waals surface area contributed by atoms with Crippen molar-refractivity contribution in [1.82, 2.24) is 9.78 Å². The largest absolute Gasteiger partial charge is 0.392 e. The maximum absolute atomic E-state index is 9.32. The number of aromatic nitrogens is 2. The number of benzene rings is 1. The molecule has 0 radical (unpaired) electrons. The molecule has 0 saturated carbocycles. The van der Waals surface area contributed by atoms with Gasteiger partial charge >= 0.3 is 0 Å². The van der Waals surface area contributed by atoms with Crippen LogP contribution in [0, 0.1) is 13.8 Å². The van der Waals surface area contributed by atoms with Gasteiger partial charge in [0.2, 0.25) is 0 Å². The fraction of sp³-hybridized carbons (Fsp3) is 0.438. The maximum Gasteiger partial charge on any atom is 0.0718 e. The quantitative estimate of drug-likeness (QED) is 0.914. The fourth-order valence-corrected chi connectivity index (χ4v) is 2.30. The Kier molecular flexibility index (Phi) is 4.05. The second kappa shape index (κ2) is 5.57. The van der Waals surface area contributed by atoms with E-state index in [1.165, 1.54) is 11.1 Å². The second-order valence-corrected chi connectivity index (χ2v) is 5.36. The molecule has 0 atom stereocenters. The molecule has 0 aliphatic heterocycles. The van der Waals surface area contributed by atoms with Gasteiger partial charge in [-0.3, -0.25) is 4.68 Å². The number of aliphatic hydroxyl groups excluding tert-OH is 1. The van der Waals surface area contributed by atoms with Gasteiger partial charge in [-0.1, -0.05) is 38.1 Å². The van der Waals surface area contributed by atoms with Gasteiger partial charge in [0.15, 0.2) is 0 Å². The molecule has 19 heavy (non-hydrogen) atoms. The van der Waals surface area contributed by atoms with Crippen molar-refractivity contribution in [2.45, 2.75) is 46.8 Å². The minimum atomic E-state index is 0.0595. The van der Waals surface area contributed by atoms with Crippen molar-refractivity contribution in [1.29, 1.82) is 0 Å². The highest BCUT2D eigenvalue weighted by Gasteiger charge is 2.10. The van der Waals surface area contributed by atoms with Crippen LogP contribution in [0.2, 0.25) is 0 Å². The Morgan fingerprint density at radius 1 is 1.16 bits per heavy atom. The molecule has 3 nitrogen and oxygen atoms in total. The molecule has 1 aromatic carbocycles. The molecule has 0 aliphatic carbocycles. The van der Waals surface area contributed by atoms with Gasteiger partial charge in [-0.25, -0.2) is 0 Å². The molecule has 102 valence electrons. The summed E-state index contributed by atoms with van der Waals surface area (Å²) in [6.07, 6.45) is 0. The van der Waals surface area contributed by atoms with Crippen molar-refractivity contribution in [3.63, 3.8) is 0 Å². The molecular weight excluding hydrogens is 236 g/mol. The zero-order valence-electron chi connectivity index (χ0n) is 12.1. The van der Waals surface area contributed by atoms with Gasteiger partial charge in [0, 0.05) is 11.3 Å². The summed E-state index contributed by atoms with van der Waals surface area (Å²) in [5, 5.41) is 13.8. The number of hydrogen-bond donors (Lipinski definition) is 1. The lowest BCUT2D eigenvalue weighted by molar-refractivity contribution is 0.280. The summed E-state index contributed by atoms with van der Waals surface area (Å²) in [4.78, 5) is 0. The Morgan fingerprint density at radius 3 is 2.26 bits per heavy atom. The third-order valence-electron chi connectivity index (χ3n) is 3.67. The molecule has 1 heterocycles. The van der Waals surface area contributed by atoms with Crippen molar-refractivity contribution < 1.29 is 5.11 Å². The lowest BCUT2D eigenvalue weighted by Gasteiger charge is -2.08. The van der Waals surface area contributed by atoms with Crippen LogP contribution in [0.3, 0.4) is 0 Å². The van der Waals surface area contributed by atoms with E-state index in [1.807, 2.05) is 18.5 Å². The molecule has 0 spiro atoms. The van der Waals surface area contributed by atoms with Gasteiger partial charge in [0.25, 0.3) is 0 Å². The average Bonchev–Trinajstić information content (AvgIpc) is 2.64. The van der Waals surface area contributed by atoms with E-state index in [0.717, 1.165) is 23.5 Å². The van der Waals surface area contributed by atoms with Crippen LogP contribution < -0.4 is 0 Å². The van der Waals surface area contributed by atoms with Crippen molar-refractivity contribution in [2.24, 2.45) is 0 Å². The Labute approximate surface area is 114 Å². The number of hydrogen-bond acceptors (Lipinski definition) is 2. The van der Waals surface area contributed by atoms with Crippen LogP contribution in [0.4, 0.5) is 0 Å². The van der Waals surface area contributed by atoms with Crippen LogP contribution in [-0.4, -0.2) is 14.9 Å². The number of nitrogens with zero attached hydrogens (tertiary/aromatic N) is 2. The molecule has 0 amide bonds. The van der Waals surface area contributed by atoms with Crippen LogP contribution in [0.25, 0.3) is 0 Å². The standard InChI is InChI=1S/C16H22N2O/c1-11(2)15-7-5-14(6-8-15)9-18-13(4)16(10-19)12(3)17-18/h5-8,11,19H,9-10H2,1-4H3. The first-order valence-electron chi connectivity index (χ1n) is 6.75. The molecule has 1 N–H and O–H groups in total. The molecule has 0 aliphatic rings. The molecule has 0 saturated heterocycles. The molecule has 0 fully saturated rings. The van der Waals surface area contributed by atoms with E-state index in [4.69, 9.17) is 0 Å². The first-order valence-corrected chi connectivity index (χ1v) is 6.75. The van der Waals surface area contributed by atoms with E-state index in [-0.39, 0.29) is 6.61 Å². The van der Waals surface area contributed by atoms with E-state index in [2.05, 4.69) is 43.2 Å². The van der Waals surface area contributed by atoms with E-state index in [1.54, 1.807) is 0 Å². The summed E-state index contributed by atoms with van der Waals surface area (Å²) in [7, 11) is 0. The normalized spacial score (nSPS) is 11.3. The number of rotatable bonds is 4. The fourth-order valence-electron chi connectivity index (χ4n) is 2.30. The van der Waals surface area contributed by atoms with Crippen LogP contribution >= 0.6 is 0 Å². The van der Waals surface area contributed by atoms with Crippen LogP contribution in [0.15, 0.2) is 24.3 Å². The van der Waals surface area contributed by atoms with E-state index in [9.17, 15) is 5.11 Å². The van der Waals surface area contributed by atoms with Gasteiger partial charge in [0.1, 0.15) is 0 Å². The molecular formula is C16H22N2O. The molecule has 2 aromatic rings. The predicted molar refractivity (Wildman–Crippen MR) is 77.3 cm³/mol. The summed E-state index contributed by atoms with van der Waals surface area (Å²) in [5.74, 6) is 0.559. The van der Waals surface area contributed by atoms with E-state index >= 15 is 0 Å². The molecule has 2 rings (SSSR count). The van der Waals surface area contributed by atoms with E-state index < -0.39 is 0 Å². The zero-order chi connectivity index (χ0) is 14.0. The van der Waals surface area contributed by atoms with Crippen LogP contribution in [0.1, 0.15) is 47.8 Å². The second-order valence-electron chi connectivity index (χ2n) is 5.36. The monoisotopic (exact) mass is 258 g/mol. The third kappa shape index (κ3) is 2.87. The number of aryl methyl sites for hydroxylation is 1. The van der Waals surface area contributed by atoms with Gasteiger partial charge in [-0.15, -0.1) is 0 Å². The summed E-state index contributed by atoms with van der Waals surface area (Å²) < 4.78 is 1.96. The first-order chi connectivity index (χ1) is 9.02. The van der Waals surface area contributed by atoms with Gasteiger partial charge in [-0.2, -0.15) is 5.10 Å². The molecule has 3 heteroatoms. The number of aliphatic hydroxyl groups is 1.